The van der Waals surface area contributed by atoms with E-state index in [2.05, 4.69) is 10.1 Å². The molecule has 156 valence electrons. The number of nitrogens with zero attached hydrogens (tertiary/aromatic N) is 3. The molecule has 0 saturated heterocycles. The molecule has 7 nitrogen and oxygen atoms in total. The smallest absolute Gasteiger partial charge is 0.339 e. The van der Waals surface area contributed by atoms with Crippen LogP contribution in [0.3, 0.4) is 0 Å². The van der Waals surface area contributed by atoms with Gasteiger partial charge in [-0.25, -0.2) is 9.78 Å². The second-order valence-corrected chi connectivity index (χ2v) is 8.96. The topological polar surface area (TPSA) is 89.3 Å². The normalized spacial score (nSPS) is 13.2. The standard InChI is InChI=1S/C22H18N4O3S2/c1-11-16(21(28)29-3)12(2)23-18(11)15-10-31-22-24-19-17(20(27)26(22)25-15)14(9-30-19)13-7-5-4-6-8-13/h4-9,23H,10H2,1-3H3. The molecule has 0 bridgehead atoms. The predicted molar refractivity (Wildman–Crippen MR) is 124 cm³/mol. The van der Waals surface area contributed by atoms with Crippen LogP contribution in [0.4, 0.5) is 0 Å². The van der Waals surface area contributed by atoms with Crippen molar-refractivity contribution in [1.82, 2.24) is 14.6 Å². The van der Waals surface area contributed by atoms with Gasteiger partial charge in [0, 0.05) is 22.4 Å². The lowest BCUT2D eigenvalue weighted by atomic mass is 10.1. The van der Waals surface area contributed by atoms with Crippen molar-refractivity contribution in [2.45, 2.75) is 19.0 Å². The van der Waals surface area contributed by atoms with E-state index in [1.165, 1.54) is 34.9 Å². The molecule has 0 saturated carbocycles. The second kappa shape index (κ2) is 7.51. The van der Waals surface area contributed by atoms with Crippen LogP contribution in [0.15, 0.2) is 50.8 Å². The Morgan fingerprint density at radius 1 is 1.23 bits per heavy atom. The number of thioether (sulfide) groups is 1. The molecule has 0 spiro atoms. The largest absolute Gasteiger partial charge is 0.465 e. The lowest BCUT2D eigenvalue weighted by Gasteiger charge is -2.15. The Kier molecular flexibility index (Phi) is 4.79. The number of carbonyl (C=O) groups is 1. The summed E-state index contributed by atoms with van der Waals surface area (Å²) in [6.45, 7) is 3.67. The van der Waals surface area contributed by atoms with Crippen molar-refractivity contribution in [1.29, 1.82) is 0 Å². The van der Waals surface area contributed by atoms with E-state index >= 15 is 0 Å². The highest BCUT2D eigenvalue weighted by atomic mass is 32.2. The molecule has 0 atom stereocenters. The summed E-state index contributed by atoms with van der Waals surface area (Å²) in [4.78, 5) is 34.2. The van der Waals surface area contributed by atoms with Gasteiger partial charge < -0.3 is 9.72 Å². The van der Waals surface area contributed by atoms with Crippen molar-refractivity contribution in [3.8, 4) is 11.1 Å². The van der Waals surface area contributed by atoms with Crippen LogP contribution >= 0.6 is 23.1 Å². The molecule has 0 unspecified atom stereocenters. The Balaban J connectivity index is 1.68. The molecule has 4 heterocycles. The first-order valence-electron chi connectivity index (χ1n) is 9.57. The van der Waals surface area contributed by atoms with E-state index in [1.54, 1.807) is 0 Å². The van der Waals surface area contributed by atoms with E-state index in [4.69, 9.17) is 9.72 Å². The van der Waals surface area contributed by atoms with Crippen LogP contribution < -0.4 is 5.56 Å². The number of ether oxygens (including phenoxy) is 1. The Morgan fingerprint density at radius 2 is 2.00 bits per heavy atom. The van der Waals surface area contributed by atoms with E-state index in [0.717, 1.165) is 22.4 Å². The zero-order valence-corrected chi connectivity index (χ0v) is 18.7. The number of hydrogen-bond acceptors (Lipinski definition) is 7. The van der Waals surface area contributed by atoms with Crippen LogP contribution in [0.25, 0.3) is 21.3 Å². The summed E-state index contributed by atoms with van der Waals surface area (Å²) in [5, 5.41) is 7.74. The number of carbonyl (C=O) groups excluding carboxylic acids is 1. The number of nitrogens with one attached hydrogen (secondary N) is 1. The van der Waals surface area contributed by atoms with Crippen molar-refractivity contribution in [3.05, 3.63) is 68.6 Å². The maximum absolute atomic E-state index is 13.4. The molecule has 0 fully saturated rings. The number of aromatic amines is 1. The van der Waals surface area contributed by atoms with E-state index < -0.39 is 5.97 Å². The van der Waals surface area contributed by atoms with Crippen molar-refractivity contribution < 1.29 is 9.53 Å². The van der Waals surface area contributed by atoms with Gasteiger partial charge in [0.2, 0.25) is 0 Å². The van der Waals surface area contributed by atoms with Crippen LogP contribution in [0.2, 0.25) is 0 Å². The lowest BCUT2D eigenvalue weighted by molar-refractivity contribution is 0.0599. The van der Waals surface area contributed by atoms with Crippen molar-refractivity contribution in [2.24, 2.45) is 5.10 Å². The second-order valence-electron chi connectivity index (χ2n) is 7.16. The predicted octanol–water partition coefficient (Wildman–Crippen LogP) is 4.21. The quantitative estimate of drug-likeness (QED) is 0.373. The first kappa shape index (κ1) is 19.8. The maximum Gasteiger partial charge on any atom is 0.339 e. The van der Waals surface area contributed by atoms with E-state index in [1.807, 2.05) is 49.6 Å². The fourth-order valence-electron chi connectivity index (χ4n) is 3.83. The molecule has 4 aromatic rings. The summed E-state index contributed by atoms with van der Waals surface area (Å²) in [6, 6.07) is 9.80. The van der Waals surface area contributed by atoms with E-state index in [-0.39, 0.29) is 5.56 Å². The summed E-state index contributed by atoms with van der Waals surface area (Å²) in [5.41, 5.74) is 5.03. The van der Waals surface area contributed by atoms with E-state index in [9.17, 15) is 9.59 Å². The Labute approximate surface area is 185 Å². The van der Waals surface area contributed by atoms with Gasteiger partial charge in [-0.3, -0.25) is 4.79 Å². The molecule has 31 heavy (non-hydrogen) atoms. The first-order chi connectivity index (χ1) is 15.0. The minimum atomic E-state index is -0.395. The van der Waals surface area contributed by atoms with Gasteiger partial charge in [-0.05, 0) is 25.0 Å². The van der Waals surface area contributed by atoms with E-state index in [0.29, 0.717) is 38.1 Å². The third-order valence-electron chi connectivity index (χ3n) is 5.32. The van der Waals surface area contributed by atoms with Crippen LogP contribution in [0, 0.1) is 13.8 Å². The number of H-pyrrole nitrogens is 1. The molecule has 0 amide bonds. The van der Waals surface area contributed by atoms with Crippen LogP contribution in [0.1, 0.15) is 27.3 Å². The summed E-state index contributed by atoms with van der Waals surface area (Å²) in [6.07, 6.45) is 0. The summed E-state index contributed by atoms with van der Waals surface area (Å²) in [5.74, 6) is 0.143. The lowest BCUT2D eigenvalue weighted by Crippen LogP contribution is -2.26. The fourth-order valence-corrected chi connectivity index (χ4v) is 5.69. The Hall–Kier alpha value is -3.17. The molecule has 1 N–H and O–H groups in total. The molecule has 9 heteroatoms. The molecule has 3 aromatic heterocycles. The first-order valence-corrected chi connectivity index (χ1v) is 11.4. The third kappa shape index (κ3) is 3.12. The average Bonchev–Trinajstić information content (AvgIpc) is 3.34. The van der Waals surface area contributed by atoms with Gasteiger partial charge in [-0.15, -0.1) is 11.3 Å². The summed E-state index contributed by atoms with van der Waals surface area (Å²) in [7, 11) is 1.36. The average molecular weight is 451 g/mol. The van der Waals surface area contributed by atoms with Crippen molar-refractivity contribution in [2.75, 3.05) is 12.9 Å². The number of aryl methyl sites for hydroxylation is 1. The van der Waals surface area contributed by atoms with Gasteiger partial charge in [0.25, 0.3) is 5.56 Å². The highest BCUT2D eigenvalue weighted by molar-refractivity contribution is 7.99. The molecular formula is C22H18N4O3S2. The number of aromatic nitrogens is 3. The number of benzene rings is 1. The van der Waals surface area contributed by atoms with Gasteiger partial charge >= 0.3 is 5.97 Å². The monoisotopic (exact) mass is 450 g/mol. The third-order valence-corrected chi connectivity index (χ3v) is 7.13. The number of esters is 1. The van der Waals surface area contributed by atoms with Gasteiger partial charge in [0.15, 0.2) is 5.16 Å². The number of hydrogen-bond donors (Lipinski definition) is 1. The highest BCUT2D eigenvalue weighted by Gasteiger charge is 2.26. The van der Waals surface area contributed by atoms with Crippen LogP contribution in [-0.4, -0.2) is 39.2 Å². The van der Waals surface area contributed by atoms with Gasteiger partial charge in [0.05, 0.1) is 29.5 Å². The van der Waals surface area contributed by atoms with Gasteiger partial charge in [-0.1, -0.05) is 42.1 Å². The summed E-state index contributed by atoms with van der Waals surface area (Å²) >= 11 is 2.92. The maximum atomic E-state index is 13.4. The SMILES string of the molecule is COC(=O)c1c(C)[nH]c(C2=Nn3c(nc4scc(-c5ccccc5)c4c3=O)SC2)c1C. The molecule has 0 aliphatic carbocycles. The molecular weight excluding hydrogens is 432 g/mol. The van der Waals surface area contributed by atoms with Crippen LogP contribution in [0.5, 0.6) is 0 Å². The molecule has 5 rings (SSSR count). The Morgan fingerprint density at radius 3 is 2.74 bits per heavy atom. The number of methoxy groups -OCH3 is 1. The van der Waals surface area contributed by atoms with Gasteiger partial charge in [0.1, 0.15) is 4.83 Å². The minimum Gasteiger partial charge on any atom is -0.465 e. The zero-order chi connectivity index (χ0) is 21.7. The van der Waals surface area contributed by atoms with Crippen molar-refractivity contribution in [3.63, 3.8) is 0 Å². The zero-order valence-electron chi connectivity index (χ0n) is 17.1. The summed E-state index contributed by atoms with van der Waals surface area (Å²) < 4.78 is 6.27. The number of rotatable bonds is 3. The number of thiophene rings is 1. The molecule has 1 aliphatic rings. The molecule has 1 aromatic carbocycles. The molecule has 1 aliphatic heterocycles. The number of fused-ring (bicyclic) bond motifs is 2. The molecule has 0 radical (unpaired) electrons. The van der Waals surface area contributed by atoms with Gasteiger partial charge in [-0.2, -0.15) is 9.78 Å². The van der Waals surface area contributed by atoms with Crippen LogP contribution in [-0.2, 0) is 4.74 Å². The Bertz CT molecular complexity index is 1430. The van der Waals surface area contributed by atoms with Crippen molar-refractivity contribution >= 4 is 45.0 Å². The highest BCUT2D eigenvalue weighted by Crippen LogP contribution is 2.33. The minimum absolute atomic E-state index is 0.195. The fraction of sp³-hybridized carbons (Fsp3) is 0.182.